The molecular weight excluding hydrogens is 124 g/mol. The van der Waals surface area contributed by atoms with Crippen molar-refractivity contribution >= 4 is 0 Å². The lowest BCUT2D eigenvalue weighted by atomic mass is 9.82. The molecule has 62 valence electrons. The van der Waals surface area contributed by atoms with E-state index in [4.69, 9.17) is 0 Å². The van der Waals surface area contributed by atoms with E-state index in [1.165, 1.54) is 25.7 Å². The Bertz CT molecular complexity index is 63.7. The summed E-state index contributed by atoms with van der Waals surface area (Å²) in [6.07, 6.45) is 5.90. The molecule has 0 saturated heterocycles. The van der Waals surface area contributed by atoms with Gasteiger partial charge in [0, 0.05) is 0 Å². The first-order valence-electron chi connectivity index (χ1n) is 4.14. The molecule has 2 nitrogen and oxygen atoms in total. The van der Waals surface area contributed by atoms with Crippen LogP contribution in [-0.4, -0.2) is 0 Å². The Morgan fingerprint density at radius 2 is 1.20 bits per heavy atom. The smallest absolute Gasteiger partial charge is 0.0417 e. The van der Waals surface area contributed by atoms with E-state index in [1.54, 1.807) is 0 Å². The third-order valence-electron chi connectivity index (χ3n) is 2.54. The van der Waals surface area contributed by atoms with Gasteiger partial charge in [0.05, 0.1) is 0 Å². The van der Waals surface area contributed by atoms with Gasteiger partial charge in [-0.05, 0) is 11.8 Å². The first kappa shape index (κ1) is 9.92. The summed E-state index contributed by atoms with van der Waals surface area (Å²) in [6, 6.07) is 0. The van der Waals surface area contributed by atoms with E-state index < -0.39 is 0 Å². The summed E-state index contributed by atoms with van der Waals surface area (Å²) in [5.41, 5.74) is 0. The van der Waals surface area contributed by atoms with Crippen molar-refractivity contribution in [1.29, 1.82) is 0 Å². The molecule has 2 heteroatoms. The van der Waals surface area contributed by atoms with Gasteiger partial charge in [0.2, 0.25) is 0 Å². The molecule has 1 fully saturated rings. The van der Waals surface area contributed by atoms with Crippen molar-refractivity contribution in [3.05, 3.63) is 0 Å². The lowest BCUT2D eigenvalue weighted by Crippen LogP contribution is -2.12. The van der Waals surface area contributed by atoms with Gasteiger partial charge in [0.15, 0.2) is 0 Å². The van der Waals surface area contributed by atoms with E-state index in [0.29, 0.717) is 0 Å². The second-order valence-corrected chi connectivity index (χ2v) is 3.24. The van der Waals surface area contributed by atoms with Crippen molar-refractivity contribution in [1.82, 2.24) is 0 Å². The average molecular weight is 144 g/mol. The van der Waals surface area contributed by atoms with Crippen LogP contribution in [0.15, 0.2) is 0 Å². The van der Waals surface area contributed by atoms with Gasteiger partial charge < -0.3 is 0 Å². The highest BCUT2D eigenvalue weighted by Gasteiger charge is 2.15. The van der Waals surface area contributed by atoms with Crippen LogP contribution in [0.2, 0.25) is 0 Å². The number of hydrazine groups is 1. The van der Waals surface area contributed by atoms with Gasteiger partial charge in [-0.25, -0.2) is 0 Å². The van der Waals surface area contributed by atoms with Crippen molar-refractivity contribution in [2.24, 2.45) is 23.5 Å². The molecule has 0 spiro atoms. The summed E-state index contributed by atoms with van der Waals surface area (Å²) < 4.78 is 0. The molecule has 2 atom stereocenters. The van der Waals surface area contributed by atoms with Crippen LogP contribution in [-0.2, 0) is 0 Å². The Morgan fingerprint density at radius 1 is 0.900 bits per heavy atom. The van der Waals surface area contributed by atoms with Crippen molar-refractivity contribution in [3.63, 3.8) is 0 Å². The molecule has 0 aliphatic heterocycles. The van der Waals surface area contributed by atoms with Gasteiger partial charge >= 0.3 is 0 Å². The average Bonchev–Trinajstić information content (AvgIpc) is 2.00. The summed E-state index contributed by atoms with van der Waals surface area (Å²) in [4.78, 5) is 0. The third-order valence-corrected chi connectivity index (χ3v) is 2.54. The quantitative estimate of drug-likeness (QED) is 0.401. The van der Waals surface area contributed by atoms with Gasteiger partial charge in [-0.2, -0.15) is 0 Å². The van der Waals surface area contributed by atoms with Crippen LogP contribution < -0.4 is 11.7 Å². The minimum atomic E-state index is 1.00. The molecule has 0 aromatic heterocycles. The molecule has 0 amide bonds. The second kappa shape index (κ2) is 5.69. The summed E-state index contributed by atoms with van der Waals surface area (Å²) in [5.74, 6) is 10.0. The monoisotopic (exact) mass is 144 g/mol. The molecule has 0 bridgehead atoms. The van der Waals surface area contributed by atoms with Crippen LogP contribution >= 0.6 is 0 Å². The Morgan fingerprint density at radius 3 is 1.40 bits per heavy atom. The van der Waals surface area contributed by atoms with Crippen LogP contribution in [0.5, 0.6) is 0 Å². The largest absolute Gasteiger partial charge is 0.274 e. The molecule has 0 heterocycles. The zero-order valence-electron chi connectivity index (χ0n) is 7.14. The van der Waals surface area contributed by atoms with Crippen LogP contribution in [0.25, 0.3) is 0 Å². The number of nitrogens with two attached hydrogens (primary N) is 2. The molecule has 0 aromatic rings. The van der Waals surface area contributed by atoms with Crippen molar-refractivity contribution < 1.29 is 0 Å². The summed E-state index contributed by atoms with van der Waals surface area (Å²) in [7, 11) is 0. The first-order valence-corrected chi connectivity index (χ1v) is 4.14. The molecular formula is C8H20N2. The van der Waals surface area contributed by atoms with Gasteiger partial charge in [0.25, 0.3) is 0 Å². The highest BCUT2D eigenvalue weighted by Crippen LogP contribution is 2.28. The predicted molar refractivity (Wildman–Crippen MR) is 45.2 cm³/mol. The molecule has 1 aliphatic rings. The van der Waals surface area contributed by atoms with Crippen LogP contribution in [0.4, 0.5) is 0 Å². The maximum absolute atomic E-state index is 4.00. The van der Waals surface area contributed by atoms with Gasteiger partial charge in [-0.15, -0.1) is 0 Å². The molecule has 2 unspecified atom stereocenters. The number of hydrogen-bond acceptors (Lipinski definition) is 2. The minimum absolute atomic E-state index is 1.00. The fourth-order valence-corrected chi connectivity index (χ4v) is 1.50. The van der Waals surface area contributed by atoms with Crippen molar-refractivity contribution in [2.75, 3.05) is 0 Å². The fourth-order valence-electron chi connectivity index (χ4n) is 1.50. The summed E-state index contributed by atoms with van der Waals surface area (Å²) in [5, 5.41) is 0. The molecule has 1 aliphatic carbocycles. The fraction of sp³-hybridized carbons (Fsp3) is 1.00. The maximum atomic E-state index is 4.00. The lowest BCUT2D eigenvalue weighted by Gasteiger charge is -2.24. The molecule has 4 N–H and O–H groups in total. The Labute approximate surface area is 63.9 Å². The zero-order valence-corrected chi connectivity index (χ0v) is 7.14. The predicted octanol–water partition coefficient (Wildman–Crippen LogP) is 1.65. The highest BCUT2D eigenvalue weighted by atomic mass is 15.0. The van der Waals surface area contributed by atoms with Gasteiger partial charge in [0.1, 0.15) is 0 Å². The molecule has 0 aromatic carbocycles. The minimum Gasteiger partial charge on any atom is -0.274 e. The standard InChI is InChI=1S/C8H16.H4N2/c1-7-5-3-4-6-8(7)2;1-2/h7-8H,3-6H2,1-2H3;1-2H2. The second-order valence-electron chi connectivity index (χ2n) is 3.24. The number of rotatable bonds is 0. The maximum Gasteiger partial charge on any atom is -0.0417 e. The van der Waals surface area contributed by atoms with Crippen LogP contribution in [0, 0.1) is 11.8 Å². The number of hydrogen-bond donors (Lipinski definition) is 2. The van der Waals surface area contributed by atoms with Crippen LogP contribution in [0.3, 0.4) is 0 Å². The Hall–Kier alpha value is -0.0800. The Balaban J connectivity index is 0.000000371. The van der Waals surface area contributed by atoms with Crippen LogP contribution in [0.1, 0.15) is 39.5 Å². The normalized spacial score (nSPS) is 32.4. The zero-order chi connectivity index (χ0) is 7.98. The van der Waals surface area contributed by atoms with Crippen molar-refractivity contribution in [2.45, 2.75) is 39.5 Å². The van der Waals surface area contributed by atoms with Gasteiger partial charge in [-0.3, -0.25) is 11.7 Å². The van der Waals surface area contributed by atoms with E-state index in [2.05, 4.69) is 25.5 Å². The topological polar surface area (TPSA) is 52.0 Å². The van der Waals surface area contributed by atoms with E-state index in [0.717, 1.165) is 11.8 Å². The van der Waals surface area contributed by atoms with E-state index in [9.17, 15) is 0 Å². The third kappa shape index (κ3) is 3.18. The van der Waals surface area contributed by atoms with E-state index in [1.807, 2.05) is 0 Å². The molecule has 10 heavy (non-hydrogen) atoms. The van der Waals surface area contributed by atoms with Gasteiger partial charge in [-0.1, -0.05) is 39.5 Å². The van der Waals surface area contributed by atoms with E-state index in [-0.39, 0.29) is 0 Å². The first-order chi connectivity index (χ1) is 4.80. The molecule has 1 rings (SSSR count). The molecule has 1 saturated carbocycles. The molecule has 0 radical (unpaired) electrons. The summed E-state index contributed by atoms with van der Waals surface area (Å²) >= 11 is 0. The Kier molecular flexibility index (Phi) is 5.64. The van der Waals surface area contributed by atoms with Crippen molar-refractivity contribution in [3.8, 4) is 0 Å². The SMILES string of the molecule is CC1CCCCC1C.NN. The summed E-state index contributed by atoms with van der Waals surface area (Å²) in [6.45, 7) is 4.76. The highest BCUT2D eigenvalue weighted by molar-refractivity contribution is 4.67. The lowest BCUT2D eigenvalue weighted by molar-refractivity contribution is 0.277. The van der Waals surface area contributed by atoms with E-state index >= 15 is 0 Å².